The van der Waals surface area contributed by atoms with Crippen LogP contribution in [0.2, 0.25) is 5.02 Å². The maximum Gasteiger partial charge on any atom is 0.0480 e. The highest BCUT2D eigenvalue weighted by Gasteiger charge is 2.26. The summed E-state index contributed by atoms with van der Waals surface area (Å²) >= 11 is 6.11. The standard InChI is InChI=1S/C18H27ClN2O/c1-15(16-3-2-4-17(19)13-16)14-20-7-9-21(10-8-20)18-5-11-22-12-6-18/h2-4,13,15,18H,5-12,14H2,1H3. The second-order valence-corrected chi connectivity index (χ2v) is 7.07. The highest BCUT2D eigenvalue weighted by molar-refractivity contribution is 6.30. The Labute approximate surface area is 139 Å². The van der Waals surface area contributed by atoms with Gasteiger partial charge in [0.2, 0.25) is 0 Å². The summed E-state index contributed by atoms with van der Waals surface area (Å²) in [6.07, 6.45) is 2.41. The van der Waals surface area contributed by atoms with Crippen LogP contribution in [-0.4, -0.2) is 61.8 Å². The van der Waals surface area contributed by atoms with E-state index in [0.717, 1.165) is 30.8 Å². The molecule has 0 amide bonds. The first-order valence-electron chi connectivity index (χ1n) is 8.52. The molecular formula is C18H27ClN2O. The maximum absolute atomic E-state index is 6.11. The Bertz CT molecular complexity index is 468. The van der Waals surface area contributed by atoms with Crippen LogP contribution in [0.25, 0.3) is 0 Å². The molecule has 2 fully saturated rings. The van der Waals surface area contributed by atoms with Crippen LogP contribution in [0, 0.1) is 0 Å². The van der Waals surface area contributed by atoms with E-state index in [4.69, 9.17) is 16.3 Å². The lowest BCUT2D eigenvalue weighted by atomic mass is 10.00. The van der Waals surface area contributed by atoms with E-state index in [0.29, 0.717) is 5.92 Å². The lowest BCUT2D eigenvalue weighted by Crippen LogP contribution is -2.52. The Hall–Kier alpha value is -0.610. The lowest BCUT2D eigenvalue weighted by molar-refractivity contribution is 0.0132. The molecule has 1 aromatic rings. The van der Waals surface area contributed by atoms with Gasteiger partial charge >= 0.3 is 0 Å². The van der Waals surface area contributed by atoms with Gasteiger partial charge in [-0.05, 0) is 36.5 Å². The fourth-order valence-corrected chi connectivity index (χ4v) is 3.87. The van der Waals surface area contributed by atoms with Gasteiger partial charge in [-0.15, -0.1) is 0 Å². The summed E-state index contributed by atoms with van der Waals surface area (Å²) in [5, 5.41) is 0.841. The second kappa shape index (κ2) is 7.78. The smallest absolute Gasteiger partial charge is 0.0480 e. The zero-order chi connectivity index (χ0) is 15.4. The summed E-state index contributed by atoms with van der Waals surface area (Å²) in [7, 11) is 0. The molecule has 1 unspecified atom stereocenters. The van der Waals surface area contributed by atoms with E-state index in [-0.39, 0.29) is 0 Å². The molecule has 2 aliphatic heterocycles. The van der Waals surface area contributed by atoms with Gasteiger partial charge in [-0.2, -0.15) is 0 Å². The summed E-state index contributed by atoms with van der Waals surface area (Å²) in [6, 6.07) is 9.04. The summed E-state index contributed by atoms with van der Waals surface area (Å²) in [5.74, 6) is 0.535. The van der Waals surface area contributed by atoms with Gasteiger partial charge in [0.15, 0.2) is 0 Å². The van der Waals surface area contributed by atoms with E-state index < -0.39 is 0 Å². The summed E-state index contributed by atoms with van der Waals surface area (Å²) < 4.78 is 5.48. The predicted octanol–water partition coefficient (Wildman–Crippen LogP) is 3.24. The number of benzene rings is 1. The van der Waals surface area contributed by atoms with Crippen LogP contribution in [-0.2, 0) is 4.74 Å². The van der Waals surface area contributed by atoms with Crippen molar-refractivity contribution in [2.75, 3.05) is 45.9 Å². The van der Waals surface area contributed by atoms with Crippen LogP contribution >= 0.6 is 11.6 Å². The SMILES string of the molecule is CC(CN1CCN(C2CCOCC2)CC1)c1cccc(Cl)c1. The number of hydrogen-bond acceptors (Lipinski definition) is 3. The molecule has 1 atom stereocenters. The Morgan fingerprint density at radius 3 is 2.59 bits per heavy atom. The first-order chi connectivity index (χ1) is 10.7. The van der Waals surface area contributed by atoms with E-state index in [1.54, 1.807) is 0 Å². The van der Waals surface area contributed by atoms with Crippen LogP contribution in [0.4, 0.5) is 0 Å². The predicted molar refractivity (Wildman–Crippen MR) is 91.7 cm³/mol. The number of halogens is 1. The van der Waals surface area contributed by atoms with Crippen molar-refractivity contribution < 1.29 is 4.74 Å². The number of rotatable bonds is 4. The van der Waals surface area contributed by atoms with Gasteiger partial charge in [-0.1, -0.05) is 30.7 Å². The van der Waals surface area contributed by atoms with E-state index in [1.165, 1.54) is 44.6 Å². The van der Waals surface area contributed by atoms with Crippen molar-refractivity contribution in [3.8, 4) is 0 Å². The third-order valence-electron chi connectivity index (χ3n) is 5.06. The molecule has 1 aromatic carbocycles. The third kappa shape index (κ3) is 4.23. The van der Waals surface area contributed by atoms with Crippen molar-refractivity contribution in [2.24, 2.45) is 0 Å². The zero-order valence-corrected chi connectivity index (χ0v) is 14.3. The zero-order valence-electron chi connectivity index (χ0n) is 13.5. The number of nitrogens with zero attached hydrogens (tertiary/aromatic N) is 2. The first kappa shape index (κ1) is 16.3. The molecular weight excluding hydrogens is 296 g/mol. The van der Waals surface area contributed by atoms with Gasteiger partial charge in [-0.3, -0.25) is 4.90 Å². The maximum atomic E-state index is 6.11. The Morgan fingerprint density at radius 2 is 1.91 bits per heavy atom. The highest BCUT2D eigenvalue weighted by Crippen LogP contribution is 2.22. The highest BCUT2D eigenvalue weighted by atomic mass is 35.5. The minimum absolute atomic E-state index is 0.535. The summed E-state index contributed by atoms with van der Waals surface area (Å²) in [5.41, 5.74) is 1.35. The molecule has 0 spiro atoms. The molecule has 0 bridgehead atoms. The molecule has 122 valence electrons. The minimum atomic E-state index is 0.535. The van der Waals surface area contributed by atoms with Gasteiger partial charge < -0.3 is 9.64 Å². The van der Waals surface area contributed by atoms with Gasteiger partial charge in [-0.25, -0.2) is 0 Å². The van der Waals surface area contributed by atoms with Crippen molar-refractivity contribution in [2.45, 2.75) is 31.7 Å². The topological polar surface area (TPSA) is 15.7 Å². The average Bonchev–Trinajstić information content (AvgIpc) is 2.56. The summed E-state index contributed by atoms with van der Waals surface area (Å²) in [6.45, 7) is 10.1. The third-order valence-corrected chi connectivity index (χ3v) is 5.30. The quantitative estimate of drug-likeness (QED) is 0.846. The molecule has 3 rings (SSSR count). The van der Waals surface area contributed by atoms with E-state index in [9.17, 15) is 0 Å². The van der Waals surface area contributed by atoms with Crippen LogP contribution in [0.5, 0.6) is 0 Å². The Kier molecular flexibility index (Phi) is 5.75. The molecule has 0 saturated carbocycles. The van der Waals surface area contributed by atoms with Crippen molar-refractivity contribution in [1.82, 2.24) is 9.80 Å². The van der Waals surface area contributed by atoms with Crippen LogP contribution in [0.3, 0.4) is 0 Å². The number of ether oxygens (including phenoxy) is 1. The molecule has 0 N–H and O–H groups in total. The monoisotopic (exact) mass is 322 g/mol. The molecule has 0 radical (unpaired) electrons. The summed E-state index contributed by atoms with van der Waals surface area (Å²) in [4.78, 5) is 5.27. The number of hydrogen-bond donors (Lipinski definition) is 0. The minimum Gasteiger partial charge on any atom is -0.381 e. The lowest BCUT2D eigenvalue weighted by Gasteiger charge is -2.41. The van der Waals surface area contributed by atoms with Crippen molar-refractivity contribution in [3.05, 3.63) is 34.9 Å². The van der Waals surface area contributed by atoms with Crippen molar-refractivity contribution >= 4 is 11.6 Å². The van der Waals surface area contributed by atoms with Gasteiger partial charge in [0.1, 0.15) is 0 Å². The van der Waals surface area contributed by atoms with E-state index in [1.807, 2.05) is 6.07 Å². The Morgan fingerprint density at radius 1 is 1.18 bits per heavy atom. The van der Waals surface area contributed by atoms with Gasteiger partial charge in [0, 0.05) is 57.0 Å². The van der Waals surface area contributed by atoms with Crippen molar-refractivity contribution in [3.63, 3.8) is 0 Å². The number of piperazine rings is 1. The molecule has 2 aliphatic rings. The van der Waals surface area contributed by atoms with Crippen molar-refractivity contribution in [1.29, 1.82) is 0 Å². The largest absolute Gasteiger partial charge is 0.381 e. The molecule has 22 heavy (non-hydrogen) atoms. The normalized spacial score (nSPS) is 23.5. The Balaban J connectivity index is 1.47. The van der Waals surface area contributed by atoms with Crippen LogP contribution in [0.15, 0.2) is 24.3 Å². The van der Waals surface area contributed by atoms with Gasteiger partial charge in [0.05, 0.1) is 0 Å². The van der Waals surface area contributed by atoms with Gasteiger partial charge in [0.25, 0.3) is 0 Å². The van der Waals surface area contributed by atoms with Crippen LogP contribution in [0.1, 0.15) is 31.2 Å². The first-order valence-corrected chi connectivity index (χ1v) is 8.90. The van der Waals surface area contributed by atoms with E-state index in [2.05, 4.69) is 34.9 Å². The fraction of sp³-hybridized carbons (Fsp3) is 0.667. The van der Waals surface area contributed by atoms with Crippen LogP contribution < -0.4 is 0 Å². The molecule has 4 heteroatoms. The van der Waals surface area contributed by atoms with E-state index >= 15 is 0 Å². The molecule has 3 nitrogen and oxygen atoms in total. The molecule has 2 heterocycles. The average molecular weight is 323 g/mol. The molecule has 0 aromatic heterocycles. The fourth-order valence-electron chi connectivity index (χ4n) is 3.67. The molecule has 0 aliphatic carbocycles. The second-order valence-electron chi connectivity index (χ2n) is 6.64. The molecule has 2 saturated heterocycles.